The fourth-order valence-electron chi connectivity index (χ4n) is 2.20. The maximum atomic E-state index is 12.9. The number of halogens is 1. The number of hydrogen-bond acceptors (Lipinski definition) is 2. The first-order valence-corrected chi connectivity index (χ1v) is 8.26. The summed E-state index contributed by atoms with van der Waals surface area (Å²) >= 11 is 3.43. The molecule has 0 aliphatic rings. The monoisotopic (exact) mass is 361 g/mol. The lowest BCUT2D eigenvalue weighted by Gasteiger charge is -2.22. The maximum Gasteiger partial charge on any atom is 0.262 e. The summed E-state index contributed by atoms with van der Waals surface area (Å²) in [5.74, 6) is 0.575. The number of hydrogen-bond donors (Lipinski definition) is 0. The van der Waals surface area contributed by atoms with E-state index in [1.165, 1.54) is 0 Å². The number of rotatable bonds is 6. The molecule has 0 saturated carbocycles. The van der Waals surface area contributed by atoms with Gasteiger partial charge in [-0.25, -0.2) is 0 Å². The molecule has 2 aromatic rings. The highest BCUT2D eigenvalue weighted by Crippen LogP contribution is 2.27. The molecule has 0 N–H and O–H groups in total. The number of amides is 1. The van der Waals surface area contributed by atoms with Crippen molar-refractivity contribution in [3.63, 3.8) is 0 Å². The highest BCUT2D eigenvalue weighted by molar-refractivity contribution is 9.10. The molecule has 0 spiro atoms. The third-order valence-electron chi connectivity index (χ3n) is 3.26. The van der Waals surface area contributed by atoms with E-state index in [9.17, 15) is 4.79 Å². The molecular weight excluding hydrogens is 342 g/mol. The summed E-state index contributed by atoms with van der Waals surface area (Å²) in [6.07, 6.45) is 0.903. The lowest BCUT2D eigenvalue weighted by atomic mass is 10.1. The first kappa shape index (κ1) is 16.6. The van der Waals surface area contributed by atoms with Crippen LogP contribution in [-0.2, 0) is 0 Å². The second-order valence-corrected chi connectivity index (χ2v) is 5.79. The zero-order valence-corrected chi connectivity index (χ0v) is 14.5. The van der Waals surface area contributed by atoms with Gasteiger partial charge in [-0.1, -0.05) is 41.1 Å². The van der Waals surface area contributed by atoms with Crippen LogP contribution >= 0.6 is 15.9 Å². The van der Waals surface area contributed by atoms with Crippen molar-refractivity contribution in [3.8, 4) is 5.75 Å². The lowest BCUT2D eigenvalue weighted by Crippen LogP contribution is -2.31. The minimum Gasteiger partial charge on any atom is -0.493 e. The number of nitrogens with zero attached hydrogens (tertiary/aromatic N) is 1. The van der Waals surface area contributed by atoms with Crippen LogP contribution in [0.5, 0.6) is 5.75 Å². The predicted octanol–water partition coefficient (Wildman–Crippen LogP) is 4.90. The quantitative estimate of drug-likeness (QED) is 0.731. The standard InChI is InChI=1S/C18H20BrNO2/c1-3-12-22-17-11-10-14(19)13-16(17)18(21)20(4-2)15-8-6-5-7-9-15/h5-11,13H,3-4,12H2,1-2H3. The number of carbonyl (C=O) groups is 1. The number of carbonyl (C=O) groups excluding carboxylic acids is 1. The fraction of sp³-hybridized carbons (Fsp3) is 0.278. The first-order chi connectivity index (χ1) is 10.7. The first-order valence-electron chi connectivity index (χ1n) is 7.46. The van der Waals surface area contributed by atoms with E-state index in [-0.39, 0.29) is 5.91 Å². The van der Waals surface area contributed by atoms with Crippen molar-refractivity contribution in [1.82, 2.24) is 0 Å². The smallest absolute Gasteiger partial charge is 0.262 e. The average Bonchev–Trinajstić information content (AvgIpc) is 2.55. The van der Waals surface area contributed by atoms with Gasteiger partial charge in [0.1, 0.15) is 5.75 Å². The summed E-state index contributed by atoms with van der Waals surface area (Å²) in [5.41, 5.74) is 1.46. The van der Waals surface area contributed by atoms with Crippen LogP contribution in [0.4, 0.5) is 5.69 Å². The van der Waals surface area contributed by atoms with Crippen molar-refractivity contribution in [2.24, 2.45) is 0 Å². The Hall–Kier alpha value is -1.81. The molecule has 0 fully saturated rings. The topological polar surface area (TPSA) is 29.5 Å². The van der Waals surface area contributed by atoms with Crippen molar-refractivity contribution in [3.05, 3.63) is 58.6 Å². The van der Waals surface area contributed by atoms with E-state index in [0.717, 1.165) is 16.6 Å². The SMILES string of the molecule is CCCOc1ccc(Br)cc1C(=O)N(CC)c1ccccc1. The van der Waals surface area contributed by atoms with Gasteiger partial charge in [0.2, 0.25) is 0 Å². The maximum absolute atomic E-state index is 12.9. The van der Waals surface area contributed by atoms with Crippen LogP contribution in [0.15, 0.2) is 53.0 Å². The van der Waals surface area contributed by atoms with Gasteiger partial charge in [0.15, 0.2) is 0 Å². The number of para-hydroxylation sites is 1. The van der Waals surface area contributed by atoms with E-state index < -0.39 is 0 Å². The highest BCUT2D eigenvalue weighted by Gasteiger charge is 2.20. The number of ether oxygens (including phenoxy) is 1. The molecule has 0 aliphatic carbocycles. The van der Waals surface area contributed by atoms with Crippen LogP contribution < -0.4 is 9.64 Å². The third kappa shape index (κ3) is 3.89. The van der Waals surface area contributed by atoms with Gasteiger partial charge < -0.3 is 9.64 Å². The average molecular weight is 362 g/mol. The van der Waals surface area contributed by atoms with Crippen LogP contribution in [0.25, 0.3) is 0 Å². The Balaban J connectivity index is 2.36. The van der Waals surface area contributed by atoms with Gasteiger partial charge >= 0.3 is 0 Å². The summed E-state index contributed by atoms with van der Waals surface area (Å²) in [6, 6.07) is 15.2. The molecule has 0 unspecified atom stereocenters. The Morgan fingerprint density at radius 1 is 1.14 bits per heavy atom. The minimum atomic E-state index is -0.0545. The Labute approximate surface area is 140 Å². The molecular formula is C18H20BrNO2. The number of benzene rings is 2. The van der Waals surface area contributed by atoms with Crippen LogP contribution in [0.3, 0.4) is 0 Å². The summed E-state index contributed by atoms with van der Waals surface area (Å²) < 4.78 is 6.59. The van der Waals surface area contributed by atoms with E-state index in [0.29, 0.717) is 24.5 Å². The van der Waals surface area contributed by atoms with Gasteiger partial charge in [-0.2, -0.15) is 0 Å². The molecule has 4 heteroatoms. The molecule has 2 rings (SSSR count). The molecule has 0 heterocycles. The van der Waals surface area contributed by atoms with Crippen molar-refractivity contribution >= 4 is 27.5 Å². The Bertz CT molecular complexity index is 628. The lowest BCUT2D eigenvalue weighted by molar-refractivity contribution is 0.0984. The van der Waals surface area contributed by atoms with Crippen LogP contribution in [0, 0.1) is 0 Å². The molecule has 0 radical (unpaired) electrons. The van der Waals surface area contributed by atoms with Crippen molar-refractivity contribution in [2.45, 2.75) is 20.3 Å². The normalized spacial score (nSPS) is 10.3. The molecule has 116 valence electrons. The molecule has 0 atom stereocenters. The fourth-order valence-corrected chi connectivity index (χ4v) is 2.57. The van der Waals surface area contributed by atoms with E-state index in [1.807, 2.05) is 62.4 Å². The summed E-state index contributed by atoms with van der Waals surface area (Å²) in [7, 11) is 0. The zero-order chi connectivity index (χ0) is 15.9. The summed E-state index contributed by atoms with van der Waals surface area (Å²) in [5, 5.41) is 0. The largest absolute Gasteiger partial charge is 0.493 e. The molecule has 22 heavy (non-hydrogen) atoms. The number of anilines is 1. The van der Waals surface area contributed by atoms with Crippen LogP contribution in [0.1, 0.15) is 30.6 Å². The van der Waals surface area contributed by atoms with Gasteiger partial charge in [-0.05, 0) is 43.7 Å². The summed E-state index contributed by atoms with van der Waals surface area (Å²) in [6.45, 7) is 5.21. The van der Waals surface area contributed by atoms with Crippen LogP contribution in [0.2, 0.25) is 0 Å². The molecule has 1 amide bonds. The van der Waals surface area contributed by atoms with Gasteiger partial charge in [0.05, 0.1) is 12.2 Å². The molecule has 0 aliphatic heterocycles. The third-order valence-corrected chi connectivity index (χ3v) is 3.76. The van der Waals surface area contributed by atoms with Crippen molar-refractivity contribution in [1.29, 1.82) is 0 Å². The Kier molecular flexibility index (Phi) is 6.01. The van der Waals surface area contributed by atoms with Crippen molar-refractivity contribution < 1.29 is 9.53 Å². The predicted molar refractivity (Wildman–Crippen MR) is 93.7 cm³/mol. The van der Waals surface area contributed by atoms with Gasteiger partial charge in [0, 0.05) is 16.7 Å². The second kappa shape index (κ2) is 7.99. The highest BCUT2D eigenvalue weighted by atomic mass is 79.9. The Morgan fingerprint density at radius 3 is 2.50 bits per heavy atom. The molecule has 3 nitrogen and oxygen atoms in total. The van der Waals surface area contributed by atoms with E-state index >= 15 is 0 Å². The molecule has 0 saturated heterocycles. The van der Waals surface area contributed by atoms with Crippen LogP contribution in [-0.4, -0.2) is 19.1 Å². The summed E-state index contributed by atoms with van der Waals surface area (Å²) in [4.78, 5) is 14.7. The van der Waals surface area contributed by atoms with E-state index in [1.54, 1.807) is 4.90 Å². The molecule has 2 aromatic carbocycles. The van der Waals surface area contributed by atoms with E-state index in [2.05, 4.69) is 15.9 Å². The molecule has 0 bridgehead atoms. The van der Waals surface area contributed by atoms with Gasteiger partial charge in [0.25, 0.3) is 5.91 Å². The van der Waals surface area contributed by atoms with Crippen molar-refractivity contribution in [2.75, 3.05) is 18.1 Å². The van der Waals surface area contributed by atoms with Gasteiger partial charge in [-0.3, -0.25) is 4.79 Å². The zero-order valence-electron chi connectivity index (χ0n) is 12.9. The van der Waals surface area contributed by atoms with Gasteiger partial charge in [-0.15, -0.1) is 0 Å². The van der Waals surface area contributed by atoms with E-state index in [4.69, 9.17) is 4.74 Å². The second-order valence-electron chi connectivity index (χ2n) is 4.87. The Morgan fingerprint density at radius 2 is 1.86 bits per heavy atom. The minimum absolute atomic E-state index is 0.0545. The molecule has 0 aromatic heterocycles.